The SMILES string of the molecule is CCCCCCCC/C=C/CCCCCCCCCCCCCCCC(=O)N[C@@H](COP(=O)(O)OCC[N+](C)(C)C)[C@H](O)/C=C/C=C/CCCCCCCCC. The number of nitrogens with one attached hydrogen (secondary N) is 1. The molecule has 3 N–H and O–H groups in total. The number of unbranched alkanes of at least 4 members (excludes halogenated alkanes) is 26. The molecular formula is C47H92N2O6P+. The van der Waals surface area contributed by atoms with E-state index in [1.807, 2.05) is 27.2 Å². The van der Waals surface area contributed by atoms with Crippen molar-refractivity contribution in [1.29, 1.82) is 0 Å². The summed E-state index contributed by atoms with van der Waals surface area (Å²) in [7, 11) is 1.55. The quantitative estimate of drug-likeness (QED) is 0.0186. The number of aliphatic hydroxyl groups is 1. The molecule has 330 valence electrons. The van der Waals surface area contributed by atoms with Crippen LogP contribution in [0.4, 0.5) is 0 Å². The second-order valence-corrected chi connectivity index (χ2v) is 18.6. The van der Waals surface area contributed by atoms with Gasteiger partial charge in [-0.3, -0.25) is 13.8 Å². The number of rotatable bonds is 42. The third-order valence-electron chi connectivity index (χ3n) is 10.4. The minimum absolute atomic E-state index is 0.0537. The topological polar surface area (TPSA) is 105 Å². The molecule has 0 heterocycles. The van der Waals surface area contributed by atoms with E-state index in [1.165, 1.54) is 154 Å². The molecular weight excluding hydrogens is 719 g/mol. The van der Waals surface area contributed by atoms with Gasteiger partial charge in [0.05, 0.1) is 39.9 Å². The molecule has 0 fully saturated rings. The summed E-state index contributed by atoms with van der Waals surface area (Å²) in [5.41, 5.74) is 0. The molecule has 0 aliphatic heterocycles. The zero-order valence-electron chi connectivity index (χ0n) is 37.4. The van der Waals surface area contributed by atoms with Crippen LogP contribution in [0.3, 0.4) is 0 Å². The summed E-state index contributed by atoms with van der Waals surface area (Å²) < 4.78 is 23.5. The minimum Gasteiger partial charge on any atom is -0.387 e. The first-order valence-electron chi connectivity index (χ1n) is 23.4. The van der Waals surface area contributed by atoms with Crippen LogP contribution in [0.15, 0.2) is 36.5 Å². The van der Waals surface area contributed by atoms with E-state index in [-0.39, 0.29) is 19.1 Å². The van der Waals surface area contributed by atoms with Crippen LogP contribution in [-0.2, 0) is 18.4 Å². The molecule has 0 aromatic rings. The molecule has 0 saturated carbocycles. The Kier molecular flexibility index (Phi) is 38.3. The third kappa shape index (κ3) is 40.9. The number of amides is 1. The molecule has 0 spiro atoms. The molecule has 1 unspecified atom stereocenters. The maximum absolute atomic E-state index is 12.9. The number of aliphatic hydroxyl groups excluding tert-OH is 1. The van der Waals surface area contributed by atoms with E-state index in [1.54, 1.807) is 12.2 Å². The van der Waals surface area contributed by atoms with Crippen molar-refractivity contribution >= 4 is 13.7 Å². The van der Waals surface area contributed by atoms with Gasteiger partial charge in [-0.05, 0) is 44.9 Å². The third-order valence-corrected chi connectivity index (χ3v) is 11.4. The fraction of sp³-hybridized carbons (Fsp3) is 0.851. The molecule has 0 rings (SSSR count). The summed E-state index contributed by atoms with van der Waals surface area (Å²) in [5, 5.41) is 13.7. The lowest BCUT2D eigenvalue weighted by molar-refractivity contribution is -0.870. The van der Waals surface area contributed by atoms with Crippen molar-refractivity contribution in [3.8, 4) is 0 Å². The maximum atomic E-state index is 12.9. The number of phosphoric acid groups is 1. The number of hydrogen-bond donors (Lipinski definition) is 3. The van der Waals surface area contributed by atoms with Gasteiger partial charge < -0.3 is 19.8 Å². The zero-order chi connectivity index (χ0) is 41.4. The Balaban J connectivity index is 4.26. The smallest absolute Gasteiger partial charge is 0.387 e. The van der Waals surface area contributed by atoms with Gasteiger partial charge in [-0.2, -0.15) is 0 Å². The first-order valence-corrected chi connectivity index (χ1v) is 24.9. The number of quaternary nitrogens is 1. The van der Waals surface area contributed by atoms with Crippen molar-refractivity contribution in [3.05, 3.63) is 36.5 Å². The largest absolute Gasteiger partial charge is 0.472 e. The van der Waals surface area contributed by atoms with Crippen LogP contribution in [0.25, 0.3) is 0 Å². The van der Waals surface area contributed by atoms with E-state index < -0.39 is 20.0 Å². The van der Waals surface area contributed by atoms with Crippen LogP contribution < -0.4 is 5.32 Å². The summed E-state index contributed by atoms with van der Waals surface area (Å²) >= 11 is 0. The van der Waals surface area contributed by atoms with Crippen molar-refractivity contribution < 1.29 is 32.9 Å². The number of carbonyl (C=O) groups excluding carboxylic acids is 1. The first-order chi connectivity index (χ1) is 27.0. The van der Waals surface area contributed by atoms with E-state index in [0.29, 0.717) is 17.4 Å². The Hall–Kier alpha value is -1.28. The summed E-state index contributed by atoms with van der Waals surface area (Å²) in [6, 6.07) is -0.876. The van der Waals surface area contributed by atoms with Crippen LogP contribution in [-0.4, -0.2) is 73.4 Å². The van der Waals surface area contributed by atoms with Crippen molar-refractivity contribution in [2.45, 2.75) is 219 Å². The van der Waals surface area contributed by atoms with Crippen LogP contribution in [0.1, 0.15) is 206 Å². The maximum Gasteiger partial charge on any atom is 0.472 e. The lowest BCUT2D eigenvalue weighted by atomic mass is 10.0. The van der Waals surface area contributed by atoms with Crippen LogP contribution in [0.5, 0.6) is 0 Å². The Morgan fingerprint density at radius 3 is 1.46 bits per heavy atom. The van der Waals surface area contributed by atoms with Gasteiger partial charge in [-0.1, -0.05) is 192 Å². The predicted molar refractivity (Wildman–Crippen MR) is 240 cm³/mol. The lowest BCUT2D eigenvalue weighted by Crippen LogP contribution is -2.45. The number of hydrogen-bond acceptors (Lipinski definition) is 5. The van der Waals surface area contributed by atoms with Gasteiger partial charge in [0.2, 0.25) is 5.91 Å². The highest BCUT2D eigenvalue weighted by atomic mass is 31.2. The number of allylic oxidation sites excluding steroid dienone is 5. The Labute approximate surface area is 347 Å². The van der Waals surface area contributed by atoms with Gasteiger partial charge in [0.15, 0.2) is 0 Å². The highest BCUT2D eigenvalue weighted by Gasteiger charge is 2.27. The van der Waals surface area contributed by atoms with Crippen molar-refractivity contribution in [2.24, 2.45) is 0 Å². The van der Waals surface area contributed by atoms with Crippen LogP contribution in [0, 0.1) is 0 Å². The minimum atomic E-state index is -4.35. The Bertz CT molecular complexity index is 1010. The van der Waals surface area contributed by atoms with Gasteiger partial charge in [0.25, 0.3) is 0 Å². The molecule has 0 radical (unpaired) electrons. The molecule has 0 saturated heterocycles. The Morgan fingerprint density at radius 1 is 0.607 bits per heavy atom. The summed E-state index contributed by atoms with van der Waals surface area (Å²) in [6.07, 6.45) is 48.1. The van der Waals surface area contributed by atoms with E-state index >= 15 is 0 Å². The molecule has 0 bridgehead atoms. The highest BCUT2D eigenvalue weighted by molar-refractivity contribution is 7.47. The Morgan fingerprint density at radius 2 is 1.02 bits per heavy atom. The molecule has 9 heteroatoms. The molecule has 0 aromatic carbocycles. The normalized spacial score (nSPS) is 14.6. The molecule has 0 aromatic heterocycles. The monoisotopic (exact) mass is 812 g/mol. The van der Waals surface area contributed by atoms with Gasteiger partial charge in [0.1, 0.15) is 13.2 Å². The summed E-state index contributed by atoms with van der Waals surface area (Å²) in [5.74, 6) is -0.195. The second kappa shape index (κ2) is 39.2. The predicted octanol–water partition coefficient (Wildman–Crippen LogP) is 13.1. The standard InChI is InChI=1S/C47H91N2O6P/c1-6-8-10-12-14-16-18-19-20-21-22-23-24-25-26-27-28-29-31-33-35-37-39-41-47(51)48-45(44-55-56(52,53)54-43-42-49(3,4)5)46(50)40-38-36-34-32-30-17-15-13-11-9-7-2/h19-20,34,36,38,40,45-46,50H,6-18,21-33,35,37,39,41-44H2,1-5H3,(H-,48,51,52,53)/p+1/b20-19+,36-34+,40-38+/t45-,46+/m0/s1. The van der Waals surface area contributed by atoms with E-state index in [0.717, 1.165) is 32.1 Å². The number of nitrogens with zero attached hydrogens (tertiary/aromatic N) is 1. The fourth-order valence-corrected chi connectivity index (χ4v) is 7.36. The van der Waals surface area contributed by atoms with Crippen LogP contribution >= 0.6 is 7.82 Å². The molecule has 8 nitrogen and oxygen atoms in total. The number of phosphoric ester groups is 1. The van der Waals surface area contributed by atoms with Gasteiger partial charge in [0, 0.05) is 6.42 Å². The molecule has 0 aliphatic carbocycles. The summed E-state index contributed by atoms with van der Waals surface area (Å²) in [4.78, 5) is 23.1. The molecule has 3 atom stereocenters. The van der Waals surface area contributed by atoms with E-state index in [9.17, 15) is 19.4 Å². The molecule has 1 amide bonds. The second-order valence-electron chi connectivity index (χ2n) is 17.2. The van der Waals surface area contributed by atoms with Gasteiger partial charge in [-0.25, -0.2) is 4.57 Å². The van der Waals surface area contributed by atoms with Gasteiger partial charge >= 0.3 is 7.82 Å². The number of carbonyl (C=O) groups is 1. The highest BCUT2D eigenvalue weighted by Crippen LogP contribution is 2.43. The summed E-state index contributed by atoms with van der Waals surface area (Å²) in [6.45, 7) is 4.75. The zero-order valence-corrected chi connectivity index (χ0v) is 38.3. The van der Waals surface area contributed by atoms with Crippen molar-refractivity contribution in [1.82, 2.24) is 5.32 Å². The van der Waals surface area contributed by atoms with E-state index in [4.69, 9.17) is 9.05 Å². The average molecular weight is 812 g/mol. The van der Waals surface area contributed by atoms with E-state index in [2.05, 4.69) is 37.4 Å². The molecule has 0 aliphatic rings. The average Bonchev–Trinajstić information content (AvgIpc) is 3.15. The van der Waals surface area contributed by atoms with Crippen LogP contribution in [0.2, 0.25) is 0 Å². The lowest BCUT2D eigenvalue weighted by Gasteiger charge is -2.25. The first kappa shape index (κ1) is 54.7. The fourth-order valence-electron chi connectivity index (χ4n) is 6.62. The molecule has 56 heavy (non-hydrogen) atoms. The number of likely N-dealkylation sites (N-methyl/N-ethyl adjacent to an activating group) is 1. The van der Waals surface area contributed by atoms with Gasteiger partial charge in [-0.15, -0.1) is 0 Å². The van der Waals surface area contributed by atoms with Crippen molar-refractivity contribution in [2.75, 3.05) is 40.9 Å². The van der Waals surface area contributed by atoms with Crippen molar-refractivity contribution in [3.63, 3.8) is 0 Å².